The fourth-order valence-electron chi connectivity index (χ4n) is 2.86. The van der Waals surface area contributed by atoms with Gasteiger partial charge in [-0.05, 0) is 42.8 Å². The van der Waals surface area contributed by atoms with E-state index in [0.29, 0.717) is 10.6 Å². The summed E-state index contributed by atoms with van der Waals surface area (Å²) in [4.78, 5) is 19.4. The van der Waals surface area contributed by atoms with E-state index in [1.54, 1.807) is 11.0 Å². The van der Waals surface area contributed by atoms with Crippen LogP contribution in [0.3, 0.4) is 0 Å². The molecule has 1 heterocycles. The number of thioether (sulfide) groups is 1. The van der Waals surface area contributed by atoms with E-state index in [4.69, 9.17) is 0 Å². The van der Waals surface area contributed by atoms with Crippen molar-refractivity contribution in [2.24, 2.45) is 0 Å². The van der Waals surface area contributed by atoms with Crippen LogP contribution in [0.1, 0.15) is 24.6 Å². The van der Waals surface area contributed by atoms with Crippen molar-refractivity contribution in [3.8, 4) is 6.07 Å². The number of nitriles is 1. The number of hydrogen-bond donors (Lipinski definition) is 0. The Morgan fingerprint density at radius 2 is 1.61 bits per heavy atom. The summed E-state index contributed by atoms with van der Waals surface area (Å²) in [7, 11) is 0. The maximum atomic E-state index is 13.1. The molecule has 4 nitrogen and oxygen atoms in total. The highest BCUT2D eigenvalue weighted by molar-refractivity contribution is 8.00. The molecule has 0 radical (unpaired) electrons. The van der Waals surface area contributed by atoms with Gasteiger partial charge in [-0.15, -0.1) is 0 Å². The van der Waals surface area contributed by atoms with Crippen LogP contribution < -0.4 is 4.90 Å². The first kappa shape index (κ1) is 19.7. The summed E-state index contributed by atoms with van der Waals surface area (Å²) in [6, 6.07) is 25.0. The molecule has 0 unspecified atom stereocenters. The van der Waals surface area contributed by atoms with Gasteiger partial charge in [0.25, 0.3) is 0 Å². The molecule has 0 bridgehead atoms. The lowest BCUT2D eigenvalue weighted by atomic mass is 10.2. The number of aryl methyl sites for hydroxylation is 1. The van der Waals surface area contributed by atoms with Crippen molar-refractivity contribution in [1.82, 2.24) is 4.98 Å². The Balaban J connectivity index is 1.84. The highest BCUT2D eigenvalue weighted by Crippen LogP contribution is 2.28. The Labute approximate surface area is 169 Å². The minimum absolute atomic E-state index is 0.0611. The predicted molar refractivity (Wildman–Crippen MR) is 114 cm³/mol. The largest absolute Gasteiger partial charge is 0.280 e. The molecule has 0 spiro atoms. The molecular formula is C23H21N3OS. The van der Waals surface area contributed by atoms with Gasteiger partial charge in [0, 0.05) is 17.1 Å². The highest BCUT2D eigenvalue weighted by Gasteiger charge is 2.19. The number of anilines is 2. The smallest absolute Gasteiger partial charge is 0.241 e. The van der Waals surface area contributed by atoms with Crippen molar-refractivity contribution in [2.45, 2.75) is 24.8 Å². The van der Waals surface area contributed by atoms with E-state index in [2.05, 4.69) is 18.0 Å². The molecular weight excluding hydrogens is 366 g/mol. The third-order valence-electron chi connectivity index (χ3n) is 4.16. The topological polar surface area (TPSA) is 57.0 Å². The Bertz CT molecular complexity index is 929. The summed E-state index contributed by atoms with van der Waals surface area (Å²) in [6.45, 7) is 2.09. The average Bonchev–Trinajstić information content (AvgIpc) is 2.74. The number of hydrogen-bond acceptors (Lipinski definition) is 4. The molecule has 0 fully saturated rings. The molecule has 140 valence electrons. The van der Waals surface area contributed by atoms with Crippen LogP contribution in [0, 0.1) is 11.3 Å². The third-order valence-corrected chi connectivity index (χ3v) is 5.13. The van der Waals surface area contributed by atoms with Crippen molar-refractivity contribution in [2.75, 3.05) is 10.7 Å². The summed E-state index contributed by atoms with van der Waals surface area (Å²) in [5, 5.41) is 9.98. The van der Waals surface area contributed by atoms with Gasteiger partial charge in [-0.25, -0.2) is 4.98 Å². The van der Waals surface area contributed by atoms with E-state index >= 15 is 0 Å². The molecule has 0 atom stereocenters. The molecule has 28 heavy (non-hydrogen) atoms. The zero-order valence-corrected chi connectivity index (χ0v) is 16.5. The lowest BCUT2D eigenvalue weighted by Crippen LogP contribution is -2.27. The van der Waals surface area contributed by atoms with E-state index in [1.165, 1.54) is 11.8 Å². The molecule has 1 aromatic heterocycles. The van der Waals surface area contributed by atoms with Crippen LogP contribution in [-0.2, 0) is 11.2 Å². The van der Waals surface area contributed by atoms with Crippen molar-refractivity contribution >= 4 is 29.0 Å². The van der Waals surface area contributed by atoms with Crippen LogP contribution in [0.25, 0.3) is 0 Å². The highest BCUT2D eigenvalue weighted by atomic mass is 32.2. The van der Waals surface area contributed by atoms with E-state index in [0.717, 1.165) is 29.9 Å². The average molecular weight is 388 g/mol. The predicted octanol–water partition coefficient (Wildman–Crippen LogP) is 5.36. The second-order valence-corrected chi connectivity index (χ2v) is 7.17. The SMILES string of the molecule is CCCc1ccc(C#N)c(SCC(=O)N(c2ccccc2)c2ccccc2)n1. The maximum Gasteiger partial charge on any atom is 0.241 e. The van der Waals surface area contributed by atoms with Gasteiger partial charge >= 0.3 is 0 Å². The van der Waals surface area contributed by atoms with Gasteiger partial charge in [-0.1, -0.05) is 61.5 Å². The van der Waals surface area contributed by atoms with Gasteiger partial charge in [0.2, 0.25) is 5.91 Å². The monoisotopic (exact) mass is 387 g/mol. The number of nitrogens with zero attached hydrogens (tertiary/aromatic N) is 3. The molecule has 3 aromatic rings. The first-order chi connectivity index (χ1) is 13.7. The summed E-state index contributed by atoms with van der Waals surface area (Å²) < 4.78 is 0. The number of para-hydroxylation sites is 2. The zero-order chi connectivity index (χ0) is 19.8. The van der Waals surface area contributed by atoms with Crippen LogP contribution >= 0.6 is 11.8 Å². The normalized spacial score (nSPS) is 10.3. The third kappa shape index (κ3) is 4.79. The molecule has 0 aliphatic rings. The van der Waals surface area contributed by atoms with Gasteiger partial charge in [-0.3, -0.25) is 9.69 Å². The van der Waals surface area contributed by atoms with E-state index in [1.807, 2.05) is 66.7 Å². The molecule has 0 saturated carbocycles. The van der Waals surface area contributed by atoms with Crippen LogP contribution in [0.4, 0.5) is 11.4 Å². The number of carbonyl (C=O) groups is 1. The number of amides is 1. The first-order valence-electron chi connectivity index (χ1n) is 9.18. The standard InChI is InChI=1S/C23H21N3OS/c1-2-9-19-15-14-18(16-24)23(25-19)28-17-22(27)26(20-10-5-3-6-11-20)21-12-7-4-8-13-21/h3-8,10-15H,2,9,17H2,1H3. The van der Waals surface area contributed by atoms with Crippen molar-refractivity contribution in [3.05, 3.63) is 84.1 Å². The number of rotatable bonds is 7. The van der Waals surface area contributed by atoms with Gasteiger partial charge in [0.05, 0.1) is 11.3 Å². The van der Waals surface area contributed by atoms with E-state index < -0.39 is 0 Å². The molecule has 0 aliphatic carbocycles. The lowest BCUT2D eigenvalue weighted by molar-refractivity contribution is -0.115. The Kier molecular flexibility index (Phi) is 6.83. The Morgan fingerprint density at radius 3 is 2.14 bits per heavy atom. The van der Waals surface area contributed by atoms with Crippen LogP contribution in [0.5, 0.6) is 0 Å². The minimum atomic E-state index is -0.0611. The summed E-state index contributed by atoms with van der Waals surface area (Å²) in [5.41, 5.74) is 3.07. The molecule has 0 saturated heterocycles. The molecule has 5 heteroatoms. The summed E-state index contributed by atoms with van der Waals surface area (Å²) >= 11 is 1.31. The molecule has 0 aliphatic heterocycles. The van der Waals surface area contributed by atoms with Crippen molar-refractivity contribution in [3.63, 3.8) is 0 Å². The molecule has 2 aromatic carbocycles. The van der Waals surface area contributed by atoms with Crippen LogP contribution in [-0.4, -0.2) is 16.6 Å². The zero-order valence-electron chi connectivity index (χ0n) is 15.7. The Hall–Kier alpha value is -3.10. The lowest BCUT2D eigenvalue weighted by Gasteiger charge is -2.23. The number of benzene rings is 2. The van der Waals surface area contributed by atoms with Crippen molar-refractivity contribution < 1.29 is 4.79 Å². The van der Waals surface area contributed by atoms with E-state index in [9.17, 15) is 10.1 Å². The number of aromatic nitrogens is 1. The summed E-state index contributed by atoms with van der Waals surface area (Å²) in [6.07, 6.45) is 1.84. The molecule has 3 rings (SSSR count). The second kappa shape index (κ2) is 9.72. The quantitative estimate of drug-likeness (QED) is 0.512. The molecule has 0 N–H and O–H groups in total. The molecule has 1 amide bonds. The van der Waals surface area contributed by atoms with Gasteiger partial charge < -0.3 is 0 Å². The van der Waals surface area contributed by atoms with Crippen LogP contribution in [0.15, 0.2) is 77.8 Å². The fourth-order valence-corrected chi connectivity index (χ4v) is 3.70. The van der Waals surface area contributed by atoms with Gasteiger partial charge in [0.1, 0.15) is 11.1 Å². The number of pyridine rings is 1. The number of carbonyl (C=O) groups excluding carboxylic acids is 1. The van der Waals surface area contributed by atoms with Gasteiger partial charge in [-0.2, -0.15) is 5.26 Å². The van der Waals surface area contributed by atoms with E-state index in [-0.39, 0.29) is 11.7 Å². The van der Waals surface area contributed by atoms with Crippen LogP contribution in [0.2, 0.25) is 0 Å². The maximum absolute atomic E-state index is 13.1. The van der Waals surface area contributed by atoms with Gasteiger partial charge in [0.15, 0.2) is 0 Å². The summed E-state index contributed by atoms with van der Waals surface area (Å²) in [5.74, 6) is 0.134. The second-order valence-electron chi connectivity index (χ2n) is 6.21. The van der Waals surface area contributed by atoms with Crippen molar-refractivity contribution in [1.29, 1.82) is 5.26 Å². The fraction of sp³-hybridized carbons (Fsp3) is 0.174. The Morgan fingerprint density at radius 1 is 1.00 bits per heavy atom. The first-order valence-corrected chi connectivity index (χ1v) is 10.2. The minimum Gasteiger partial charge on any atom is -0.280 e.